The first kappa shape index (κ1) is 18.8. The molecule has 0 atom stereocenters. The maximum absolute atomic E-state index is 13.2. The third-order valence-corrected chi connectivity index (χ3v) is 5.28. The minimum Gasteiger partial charge on any atom is -0.463 e. The van der Waals surface area contributed by atoms with Crippen molar-refractivity contribution in [3.05, 3.63) is 83.3 Å². The van der Waals surface area contributed by atoms with E-state index in [2.05, 4.69) is 10.1 Å². The van der Waals surface area contributed by atoms with Crippen LogP contribution in [0.25, 0.3) is 10.2 Å². The molecule has 4 aromatic rings. The monoisotopic (exact) mass is 403 g/mol. The number of Topliss-reactive ketones (excluding diaryl/α,β-unsaturated/α-hetero) is 1. The van der Waals surface area contributed by atoms with Crippen LogP contribution in [-0.4, -0.2) is 22.9 Å². The smallest absolute Gasteiger partial charge is 0.280 e. The molecular weight excluding hydrogens is 386 g/mol. The molecule has 1 amide bonds. The Balaban J connectivity index is 1.74. The molecule has 0 fully saturated rings. The lowest BCUT2D eigenvalue weighted by Gasteiger charge is -2.13. The van der Waals surface area contributed by atoms with Crippen LogP contribution in [0.1, 0.15) is 39.0 Å². The van der Waals surface area contributed by atoms with E-state index in [0.717, 1.165) is 15.8 Å². The zero-order chi connectivity index (χ0) is 20.4. The summed E-state index contributed by atoms with van der Waals surface area (Å²) >= 11 is 1.38. The number of rotatable bonds is 5. The molecule has 4 rings (SSSR count). The minimum atomic E-state index is -0.348. The van der Waals surface area contributed by atoms with Crippen molar-refractivity contribution in [2.45, 2.75) is 13.8 Å². The third kappa shape index (κ3) is 4.00. The van der Waals surface area contributed by atoms with Crippen LogP contribution < -0.4 is 5.01 Å². The Hall–Kier alpha value is -3.58. The lowest BCUT2D eigenvalue weighted by atomic mass is 10.1. The highest BCUT2D eigenvalue weighted by Crippen LogP contribution is 2.30. The highest BCUT2D eigenvalue weighted by molar-refractivity contribution is 7.22. The first-order chi connectivity index (χ1) is 14.0. The highest BCUT2D eigenvalue weighted by atomic mass is 32.1. The number of carbonyl (C=O) groups is 2. The van der Waals surface area contributed by atoms with Gasteiger partial charge in [-0.15, -0.1) is 0 Å². The van der Waals surface area contributed by atoms with Gasteiger partial charge in [0.15, 0.2) is 5.78 Å². The van der Waals surface area contributed by atoms with Crippen molar-refractivity contribution >= 4 is 44.6 Å². The Morgan fingerprint density at radius 2 is 1.86 bits per heavy atom. The molecule has 0 saturated carbocycles. The van der Waals surface area contributed by atoms with Crippen molar-refractivity contribution in [1.82, 2.24) is 4.98 Å². The second-order valence-corrected chi connectivity index (χ2v) is 7.49. The number of hydrogen-bond donors (Lipinski definition) is 0. The lowest BCUT2D eigenvalue weighted by molar-refractivity contribution is 0.0983. The van der Waals surface area contributed by atoms with E-state index in [1.165, 1.54) is 35.7 Å². The molecular formula is C22H17N3O3S. The first-order valence-corrected chi connectivity index (χ1v) is 9.73. The molecule has 144 valence electrons. The molecule has 0 unspecified atom stereocenters. The number of hydrogen-bond acceptors (Lipinski definition) is 6. The van der Waals surface area contributed by atoms with Crippen LogP contribution in [0.2, 0.25) is 0 Å². The van der Waals surface area contributed by atoms with Crippen molar-refractivity contribution in [3.63, 3.8) is 0 Å². The summed E-state index contributed by atoms with van der Waals surface area (Å²) in [6, 6.07) is 15.9. The largest absolute Gasteiger partial charge is 0.463 e. The van der Waals surface area contributed by atoms with E-state index < -0.39 is 0 Å². The molecule has 6 nitrogen and oxygen atoms in total. The molecule has 0 N–H and O–H groups in total. The maximum Gasteiger partial charge on any atom is 0.280 e. The van der Waals surface area contributed by atoms with Gasteiger partial charge in [-0.05, 0) is 55.8 Å². The maximum atomic E-state index is 13.2. The molecule has 2 aromatic heterocycles. The van der Waals surface area contributed by atoms with Gasteiger partial charge in [0, 0.05) is 11.1 Å². The van der Waals surface area contributed by atoms with Crippen LogP contribution >= 0.6 is 11.3 Å². The Bertz CT molecular complexity index is 1210. The van der Waals surface area contributed by atoms with Crippen LogP contribution in [0.3, 0.4) is 0 Å². The average molecular weight is 403 g/mol. The Morgan fingerprint density at radius 3 is 2.55 bits per heavy atom. The van der Waals surface area contributed by atoms with Crippen molar-refractivity contribution in [2.75, 3.05) is 5.01 Å². The molecule has 0 spiro atoms. The number of amides is 1. The van der Waals surface area contributed by atoms with E-state index in [4.69, 9.17) is 4.42 Å². The van der Waals surface area contributed by atoms with Gasteiger partial charge in [-0.2, -0.15) is 10.1 Å². The molecule has 2 aromatic carbocycles. The van der Waals surface area contributed by atoms with E-state index in [1.54, 1.807) is 36.4 Å². The zero-order valence-electron chi connectivity index (χ0n) is 15.8. The van der Waals surface area contributed by atoms with E-state index in [0.29, 0.717) is 22.0 Å². The summed E-state index contributed by atoms with van der Waals surface area (Å²) in [5.74, 6) is 0.114. The summed E-state index contributed by atoms with van der Waals surface area (Å²) in [4.78, 5) is 29.3. The molecule has 2 heterocycles. The summed E-state index contributed by atoms with van der Waals surface area (Å²) in [5, 5.41) is 6.04. The molecule has 0 radical (unpaired) electrons. The molecule has 0 bridgehead atoms. The van der Waals surface area contributed by atoms with Crippen molar-refractivity contribution < 1.29 is 14.0 Å². The molecule has 0 aliphatic carbocycles. The van der Waals surface area contributed by atoms with Crippen molar-refractivity contribution in [2.24, 2.45) is 5.10 Å². The number of thiazole rings is 1. The van der Waals surface area contributed by atoms with E-state index in [9.17, 15) is 9.59 Å². The number of anilines is 1. The fourth-order valence-corrected chi connectivity index (χ4v) is 3.77. The zero-order valence-corrected chi connectivity index (χ0v) is 16.6. The van der Waals surface area contributed by atoms with Gasteiger partial charge in [-0.25, -0.2) is 4.98 Å². The summed E-state index contributed by atoms with van der Waals surface area (Å²) in [7, 11) is 0. The number of fused-ring (bicyclic) bond motifs is 1. The van der Waals surface area contributed by atoms with Crippen LogP contribution in [-0.2, 0) is 0 Å². The van der Waals surface area contributed by atoms with Gasteiger partial charge in [0.05, 0.1) is 22.7 Å². The lowest BCUT2D eigenvalue weighted by Crippen LogP contribution is -2.25. The third-order valence-electron chi connectivity index (χ3n) is 4.29. The summed E-state index contributed by atoms with van der Waals surface area (Å²) < 4.78 is 6.25. The second kappa shape index (κ2) is 7.81. The molecule has 0 aliphatic rings. The quantitative estimate of drug-likeness (QED) is 0.264. The minimum absolute atomic E-state index is 0.0572. The average Bonchev–Trinajstić information content (AvgIpc) is 3.37. The molecule has 29 heavy (non-hydrogen) atoms. The van der Waals surface area contributed by atoms with Crippen molar-refractivity contribution in [1.29, 1.82) is 0 Å². The Kier molecular flexibility index (Phi) is 5.05. The number of aryl methyl sites for hydroxylation is 1. The second-order valence-electron chi connectivity index (χ2n) is 6.48. The number of ketones is 1. The highest BCUT2D eigenvalue weighted by Gasteiger charge is 2.21. The number of benzene rings is 2. The van der Waals surface area contributed by atoms with E-state index in [1.807, 2.05) is 25.1 Å². The number of nitrogens with zero attached hydrogens (tertiary/aromatic N) is 3. The summed E-state index contributed by atoms with van der Waals surface area (Å²) in [6.45, 7) is 3.49. The van der Waals surface area contributed by atoms with Gasteiger partial charge in [0.2, 0.25) is 5.13 Å². The van der Waals surface area contributed by atoms with Crippen LogP contribution in [0, 0.1) is 6.92 Å². The van der Waals surface area contributed by atoms with Gasteiger partial charge in [0.1, 0.15) is 5.76 Å². The van der Waals surface area contributed by atoms with Gasteiger partial charge in [-0.3, -0.25) is 9.59 Å². The van der Waals surface area contributed by atoms with Gasteiger partial charge in [-0.1, -0.05) is 29.5 Å². The Morgan fingerprint density at radius 1 is 1.10 bits per heavy atom. The summed E-state index contributed by atoms with van der Waals surface area (Å²) in [6.07, 6.45) is 3.01. The SMILES string of the molecule is CC(=O)c1ccc(C(=O)N(/N=C/c2ccco2)c2nc3ccc(C)cc3s2)cc1. The van der Waals surface area contributed by atoms with Gasteiger partial charge in [0.25, 0.3) is 5.91 Å². The van der Waals surface area contributed by atoms with E-state index >= 15 is 0 Å². The number of furan rings is 1. The summed E-state index contributed by atoms with van der Waals surface area (Å²) in [5.41, 5.74) is 2.86. The fraction of sp³-hybridized carbons (Fsp3) is 0.0909. The molecule has 0 saturated heterocycles. The Labute approximate surface area is 171 Å². The van der Waals surface area contributed by atoms with E-state index in [-0.39, 0.29) is 11.7 Å². The standard InChI is InChI=1S/C22H17N3O3S/c1-14-5-10-19-20(12-14)29-22(24-19)25(23-13-18-4-3-11-28-18)21(27)17-8-6-16(7-9-17)15(2)26/h3-13H,1-2H3/b23-13+. The van der Waals surface area contributed by atoms with Gasteiger partial charge < -0.3 is 4.42 Å². The predicted molar refractivity (Wildman–Crippen MR) is 114 cm³/mol. The molecule has 0 aliphatic heterocycles. The first-order valence-electron chi connectivity index (χ1n) is 8.91. The van der Waals surface area contributed by atoms with Crippen LogP contribution in [0.5, 0.6) is 0 Å². The topological polar surface area (TPSA) is 75.8 Å². The number of carbonyl (C=O) groups excluding carboxylic acids is 2. The molecule has 7 heteroatoms. The van der Waals surface area contributed by atoms with Gasteiger partial charge >= 0.3 is 0 Å². The fourth-order valence-electron chi connectivity index (χ4n) is 2.75. The van der Waals surface area contributed by atoms with Crippen LogP contribution in [0.15, 0.2) is 70.4 Å². The number of aromatic nitrogens is 1. The number of hydrazone groups is 1. The van der Waals surface area contributed by atoms with Crippen LogP contribution in [0.4, 0.5) is 5.13 Å². The van der Waals surface area contributed by atoms with Crippen molar-refractivity contribution in [3.8, 4) is 0 Å². The predicted octanol–water partition coefficient (Wildman–Crippen LogP) is 5.08. The normalized spacial score (nSPS) is 11.2.